The van der Waals surface area contributed by atoms with E-state index in [2.05, 4.69) is 0 Å². The van der Waals surface area contributed by atoms with E-state index in [0.29, 0.717) is 12.3 Å². The number of rotatable bonds is 5. The molecule has 1 unspecified atom stereocenters. The highest BCUT2D eigenvalue weighted by atomic mass is 32.5. The average molecular weight is 301 g/mol. The van der Waals surface area contributed by atoms with Crippen molar-refractivity contribution in [3.63, 3.8) is 0 Å². The summed E-state index contributed by atoms with van der Waals surface area (Å²) in [6.45, 7) is 2.96. The Balaban J connectivity index is 3.15. The van der Waals surface area contributed by atoms with Crippen molar-refractivity contribution in [3.8, 4) is 0 Å². The molecule has 1 rings (SSSR count). The summed E-state index contributed by atoms with van der Waals surface area (Å²) in [6, 6.07) is 0. The highest BCUT2D eigenvalue weighted by molar-refractivity contribution is 8.28. The molecule has 2 N–H and O–H groups in total. The predicted molar refractivity (Wildman–Crippen MR) is 74.7 cm³/mol. The van der Waals surface area contributed by atoms with Crippen LogP contribution in [0.3, 0.4) is 0 Å². The molecule has 1 aliphatic rings. The van der Waals surface area contributed by atoms with E-state index in [9.17, 15) is 14.6 Å². The number of hydrogen-bond acceptors (Lipinski definition) is 3. The lowest BCUT2D eigenvalue weighted by Gasteiger charge is -2.30. The van der Waals surface area contributed by atoms with Crippen LogP contribution in [0.1, 0.15) is 27.2 Å². The van der Waals surface area contributed by atoms with Crippen molar-refractivity contribution in [2.75, 3.05) is 18.9 Å². The van der Waals surface area contributed by atoms with Crippen LogP contribution in [0.25, 0.3) is 0 Å². The van der Waals surface area contributed by atoms with Crippen molar-refractivity contribution in [2.24, 2.45) is 0 Å². The Morgan fingerprint density at radius 3 is 2.65 bits per heavy atom. The summed E-state index contributed by atoms with van der Waals surface area (Å²) in [4.78, 5) is 31.9. The molecule has 0 aromatic carbocycles. The van der Waals surface area contributed by atoms with Crippen LogP contribution >= 0.6 is 18.5 Å². The number of hydrogen-bond donors (Lipinski definition) is 2. The minimum Gasteiger partial charge on any atom is -0.327 e. The molecule has 5 nitrogen and oxygen atoms in total. The van der Waals surface area contributed by atoms with E-state index in [1.807, 2.05) is 13.8 Å². The second-order valence-electron chi connectivity index (χ2n) is 3.64. The molecule has 0 bridgehead atoms. The summed E-state index contributed by atoms with van der Waals surface area (Å²) in [7, 11) is -0.922. The van der Waals surface area contributed by atoms with Crippen LogP contribution in [0.5, 0.6) is 0 Å². The smallest absolute Gasteiger partial charge is 0.298 e. The zero-order valence-corrected chi connectivity index (χ0v) is 12.9. The number of thioether (sulfide) groups is 1. The number of nitrogens with zero attached hydrogens (tertiary/aromatic N) is 1. The molecule has 17 heavy (non-hydrogen) atoms. The fourth-order valence-electron chi connectivity index (χ4n) is 1.50. The summed E-state index contributed by atoms with van der Waals surface area (Å²) in [6.07, 6.45) is 0.785. The lowest BCUT2D eigenvalue weighted by molar-refractivity contribution is 0.249. The third-order valence-electron chi connectivity index (χ3n) is 2.43. The van der Waals surface area contributed by atoms with E-state index in [-0.39, 0.29) is 17.1 Å². The first-order chi connectivity index (χ1) is 7.94. The van der Waals surface area contributed by atoms with Gasteiger partial charge in [0.2, 0.25) is 0 Å². The maximum atomic E-state index is 11.7. The van der Waals surface area contributed by atoms with Gasteiger partial charge >= 0.3 is 0 Å². The quantitative estimate of drug-likeness (QED) is 0.762. The maximum absolute atomic E-state index is 11.7. The number of carbonyl (C=O) groups is 1. The van der Waals surface area contributed by atoms with Gasteiger partial charge in [0.1, 0.15) is 0 Å². The van der Waals surface area contributed by atoms with Crippen molar-refractivity contribution in [3.05, 3.63) is 0 Å². The van der Waals surface area contributed by atoms with E-state index in [1.165, 1.54) is 11.8 Å². The van der Waals surface area contributed by atoms with E-state index < -0.39 is 17.0 Å². The molecule has 8 heteroatoms. The second kappa shape index (κ2) is 6.59. The molecule has 102 valence electrons. The molecular formula is C9H20NO4PS2. The molecule has 1 fully saturated rings. The van der Waals surface area contributed by atoms with Gasteiger partial charge in [-0.1, -0.05) is 25.6 Å². The molecule has 1 heterocycles. The topological polar surface area (TPSA) is 70.0 Å². The van der Waals surface area contributed by atoms with Gasteiger partial charge in [0, 0.05) is 17.5 Å². The Hall–Kier alpha value is 0.480. The number of carbonyl (C=O) groups excluding carboxylic acids is 1. The maximum Gasteiger partial charge on any atom is 0.298 e. The fraction of sp³-hybridized carbons (Fsp3) is 0.889. The van der Waals surface area contributed by atoms with Gasteiger partial charge in [-0.05, 0) is 23.6 Å². The third kappa shape index (κ3) is 3.72. The zero-order valence-electron chi connectivity index (χ0n) is 10.3. The minimum atomic E-state index is -3.49. The van der Waals surface area contributed by atoms with Crippen molar-refractivity contribution in [1.29, 1.82) is 0 Å². The summed E-state index contributed by atoms with van der Waals surface area (Å²) in [5.74, 6) is 0.713. The Morgan fingerprint density at radius 2 is 2.24 bits per heavy atom. The van der Waals surface area contributed by atoms with E-state index >= 15 is 0 Å². The zero-order chi connectivity index (χ0) is 13.1. The van der Waals surface area contributed by atoms with Crippen LogP contribution in [0.15, 0.2) is 0 Å². The monoisotopic (exact) mass is 301 g/mol. The Bertz CT molecular complexity index is 344. The van der Waals surface area contributed by atoms with Crippen LogP contribution in [-0.4, -0.2) is 43.5 Å². The van der Waals surface area contributed by atoms with Gasteiger partial charge in [0.25, 0.3) is 12.0 Å². The van der Waals surface area contributed by atoms with Crippen LogP contribution < -0.4 is 0 Å². The second-order valence-corrected chi connectivity index (χ2v) is 10.3. The normalized spacial score (nSPS) is 20.8. The summed E-state index contributed by atoms with van der Waals surface area (Å²) < 4.78 is 6.69. The molecular weight excluding hydrogens is 281 g/mol. The molecule has 0 radical (unpaired) electrons. The highest BCUT2D eigenvalue weighted by Gasteiger charge is 2.33. The molecule has 0 aliphatic carbocycles. The number of amides is 1. The van der Waals surface area contributed by atoms with Gasteiger partial charge in [-0.15, -0.1) is 0 Å². The molecule has 0 saturated carbocycles. The van der Waals surface area contributed by atoms with Crippen LogP contribution in [0.4, 0.5) is 4.79 Å². The van der Waals surface area contributed by atoms with Crippen molar-refractivity contribution in [1.82, 2.24) is 4.31 Å². The molecule has 0 aromatic heterocycles. The Kier molecular flexibility index (Phi) is 6.02. The van der Waals surface area contributed by atoms with Crippen LogP contribution in [0, 0.1) is 0 Å². The van der Waals surface area contributed by atoms with Gasteiger partial charge in [0.15, 0.2) is 0 Å². The summed E-state index contributed by atoms with van der Waals surface area (Å²) in [5, 5.41) is -0.0339. The van der Waals surface area contributed by atoms with E-state index in [4.69, 9.17) is 4.52 Å². The standard InChI is InChI=1S/C9H20NO4PS2/c1-4-8(3)17(15(12,13)14-5-2)10-6-7-16-9(10)11/h8,12-13H,4-7H2,1-3H3/t8-,17?/m0/s1. The predicted octanol–water partition coefficient (Wildman–Crippen LogP) is 2.19. The molecule has 0 aromatic rings. The third-order valence-corrected chi connectivity index (χ3v) is 9.78. The highest BCUT2D eigenvalue weighted by Crippen LogP contribution is 2.47. The van der Waals surface area contributed by atoms with Gasteiger partial charge in [-0.2, -0.15) is 0 Å². The minimum absolute atomic E-state index is 0.0348. The lowest BCUT2D eigenvalue weighted by Crippen LogP contribution is -2.32. The van der Waals surface area contributed by atoms with E-state index in [1.54, 1.807) is 11.2 Å². The van der Waals surface area contributed by atoms with Crippen molar-refractivity contribution >= 4 is 34.0 Å². The molecule has 1 amide bonds. The van der Waals surface area contributed by atoms with Crippen LogP contribution in [0.2, 0.25) is 0 Å². The van der Waals surface area contributed by atoms with Crippen LogP contribution in [-0.2, 0) is 14.8 Å². The molecule has 1 saturated heterocycles. The fourth-order valence-corrected chi connectivity index (χ4v) is 8.93. The van der Waals surface area contributed by atoms with E-state index in [0.717, 1.165) is 6.42 Å². The van der Waals surface area contributed by atoms with Crippen molar-refractivity contribution < 1.29 is 19.1 Å². The van der Waals surface area contributed by atoms with Gasteiger partial charge in [0.05, 0.1) is 6.61 Å². The van der Waals surface area contributed by atoms with Gasteiger partial charge < -0.3 is 14.3 Å². The van der Waals surface area contributed by atoms with Gasteiger partial charge in [-0.25, -0.2) is 0 Å². The van der Waals surface area contributed by atoms with Crippen molar-refractivity contribution in [2.45, 2.75) is 32.4 Å². The average Bonchev–Trinajstić information content (AvgIpc) is 2.64. The Morgan fingerprint density at radius 1 is 1.59 bits per heavy atom. The summed E-state index contributed by atoms with van der Waals surface area (Å²) in [5.41, 5.74) is 0. The summed E-state index contributed by atoms with van der Waals surface area (Å²) >= 11 is 1.23. The Labute approximate surface area is 109 Å². The largest absolute Gasteiger partial charge is 0.327 e. The molecule has 1 aliphatic heterocycles. The van der Waals surface area contributed by atoms with Gasteiger partial charge in [-0.3, -0.25) is 9.10 Å². The molecule has 0 spiro atoms. The SMILES string of the molecule is CCOP(O)(O)=S([C@@H](C)CC)N1CCSC1=O. The first kappa shape index (κ1) is 15.5. The molecule has 2 atom stereocenters. The first-order valence-electron chi connectivity index (χ1n) is 5.61. The first-order valence-corrected chi connectivity index (χ1v) is 10.1. The lowest BCUT2D eigenvalue weighted by atomic mass is 10.4.